The largest absolute Gasteiger partial charge is 0.453 e. The van der Waals surface area contributed by atoms with Crippen LogP contribution < -0.4 is 10.2 Å². The van der Waals surface area contributed by atoms with Gasteiger partial charge in [0, 0.05) is 51.3 Å². The topological polar surface area (TPSA) is 82.2 Å². The summed E-state index contributed by atoms with van der Waals surface area (Å²) in [4.78, 5) is 42.2. The molecule has 2 fully saturated rings. The Morgan fingerprint density at radius 3 is 1.98 bits per heavy atom. The lowest BCUT2D eigenvalue weighted by molar-refractivity contribution is -0.143. The number of ether oxygens (including phenoxy) is 1. The van der Waals surface area contributed by atoms with Crippen LogP contribution >= 0.6 is 0 Å². The number of benzene rings is 2. The van der Waals surface area contributed by atoms with E-state index in [0.29, 0.717) is 54.8 Å². The minimum atomic E-state index is -5.09. The third-order valence-corrected chi connectivity index (χ3v) is 8.86. The van der Waals surface area contributed by atoms with E-state index in [1.807, 2.05) is 0 Å². The summed E-state index contributed by atoms with van der Waals surface area (Å²) in [5.74, 6) is -1.29. The normalized spacial score (nSPS) is 21.9. The molecule has 4 rings (SSSR count). The molecule has 2 aromatic carbocycles. The van der Waals surface area contributed by atoms with Gasteiger partial charge in [0.25, 0.3) is 0 Å². The van der Waals surface area contributed by atoms with E-state index in [1.165, 1.54) is 43.3 Å². The number of urea groups is 1. The van der Waals surface area contributed by atoms with Crippen LogP contribution in [-0.2, 0) is 21.9 Å². The minimum Gasteiger partial charge on any atom is -0.453 e. The van der Waals surface area contributed by atoms with Crippen molar-refractivity contribution in [3.8, 4) is 0 Å². The smallest absolute Gasteiger partial charge is 0.416 e. The number of anilines is 1. The van der Waals surface area contributed by atoms with Crippen molar-refractivity contribution in [2.75, 3.05) is 45.7 Å². The van der Waals surface area contributed by atoms with Gasteiger partial charge < -0.3 is 19.9 Å². The van der Waals surface area contributed by atoms with E-state index < -0.39 is 59.1 Å². The number of likely N-dealkylation sites (N-methyl/N-ethyl adjacent to an activating group) is 1. The number of likely N-dealkylation sites (tertiary alicyclic amines) is 1. The molecular weight excluding hydrogens is 625 g/mol. The molecule has 46 heavy (non-hydrogen) atoms. The summed E-state index contributed by atoms with van der Waals surface area (Å²) < 4.78 is 99.3. The van der Waals surface area contributed by atoms with Gasteiger partial charge in [-0.25, -0.2) is 14.0 Å². The third kappa shape index (κ3) is 8.02. The van der Waals surface area contributed by atoms with Crippen LogP contribution in [0.25, 0.3) is 0 Å². The standard InChI is InChI=1S/C31H35F7N4O4/c1-40(24-13-21(30(33,34)35)12-22(14-24)31(36,37)38)29(45)41(2)26-17-42(16-25(26)19-8-10-23(32)11-9-19)27(43)20-6-4-18(5-7-20)15-39-28(44)46-3/h8-14,18,20,25-26H,4-7,15-17H2,1-3H3,(H,39,44)/t18?,20?,25-,26+/m0/s1. The molecule has 8 nitrogen and oxygen atoms in total. The Kier molecular flexibility index (Phi) is 10.4. The molecule has 1 aliphatic carbocycles. The fraction of sp³-hybridized carbons (Fsp3) is 0.516. The highest BCUT2D eigenvalue weighted by Crippen LogP contribution is 2.39. The fourth-order valence-electron chi connectivity index (χ4n) is 6.19. The summed E-state index contributed by atoms with van der Waals surface area (Å²) in [6.07, 6.45) is -8.19. The number of methoxy groups -OCH3 is 1. The van der Waals surface area contributed by atoms with Gasteiger partial charge in [-0.2, -0.15) is 26.3 Å². The highest BCUT2D eigenvalue weighted by atomic mass is 19.4. The lowest BCUT2D eigenvalue weighted by Gasteiger charge is -2.33. The average molecular weight is 661 g/mol. The molecule has 2 atom stereocenters. The van der Waals surface area contributed by atoms with Crippen molar-refractivity contribution in [3.63, 3.8) is 0 Å². The molecule has 15 heteroatoms. The molecule has 1 heterocycles. The van der Waals surface area contributed by atoms with Crippen molar-refractivity contribution in [2.24, 2.45) is 11.8 Å². The fourth-order valence-corrected chi connectivity index (χ4v) is 6.19. The first-order valence-electron chi connectivity index (χ1n) is 14.7. The van der Waals surface area contributed by atoms with Crippen molar-refractivity contribution in [3.05, 3.63) is 65.0 Å². The molecule has 0 unspecified atom stereocenters. The number of alkyl halides is 6. The zero-order valence-corrected chi connectivity index (χ0v) is 25.4. The molecule has 0 bridgehead atoms. The summed E-state index contributed by atoms with van der Waals surface area (Å²) >= 11 is 0. The van der Waals surface area contributed by atoms with Crippen molar-refractivity contribution in [2.45, 2.75) is 50.0 Å². The maximum absolute atomic E-state index is 13.8. The van der Waals surface area contributed by atoms with Crippen molar-refractivity contribution in [1.82, 2.24) is 15.1 Å². The Balaban J connectivity index is 1.54. The Morgan fingerprint density at radius 1 is 0.891 bits per heavy atom. The quantitative estimate of drug-likeness (QED) is 0.359. The molecule has 0 aromatic heterocycles. The van der Waals surface area contributed by atoms with E-state index in [4.69, 9.17) is 0 Å². The first-order chi connectivity index (χ1) is 21.5. The number of nitrogens with one attached hydrogen (secondary N) is 1. The molecule has 252 valence electrons. The van der Waals surface area contributed by atoms with Crippen LogP contribution in [0.1, 0.15) is 48.3 Å². The van der Waals surface area contributed by atoms with Gasteiger partial charge in [0.2, 0.25) is 5.91 Å². The predicted molar refractivity (Wildman–Crippen MR) is 153 cm³/mol. The Hall–Kier alpha value is -4.04. The zero-order valence-electron chi connectivity index (χ0n) is 25.4. The van der Waals surface area contributed by atoms with E-state index in [0.717, 1.165) is 7.05 Å². The van der Waals surface area contributed by atoms with Gasteiger partial charge in [0.05, 0.1) is 24.3 Å². The first-order valence-corrected chi connectivity index (χ1v) is 14.7. The number of hydrogen-bond acceptors (Lipinski definition) is 4. The third-order valence-electron chi connectivity index (χ3n) is 8.86. The molecule has 0 radical (unpaired) electrons. The van der Waals surface area contributed by atoms with E-state index in [1.54, 1.807) is 4.90 Å². The second kappa shape index (κ2) is 13.8. The van der Waals surface area contributed by atoms with E-state index in [9.17, 15) is 45.1 Å². The van der Waals surface area contributed by atoms with Crippen LogP contribution in [0.4, 0.5) is 46.0 Å². The summed E-state index contributed by atoms with van der Waals surface area (Å²) in [5, 5.41) is 2.66. The van der Waals surface area contributed by atoms with Crippen LogP contribution in [0.5, 0.6) is 0 Å². The molecule has 1 saturated heterocycles. The molecule has 1 N–H and O–H groups in total. The number of hydrogen-bond donors (Lipinski definition) is 1. The van der Waals surface area contributed by atoms with E-state index in [-0.39, 0.29) is 36.9 Å². The number of carbonyl (C=O) groups is 3. The Bertz CT molecular complexity index is 1380. The molecule has 4 amide bonds. The molecular formula is C31H35F7N4O4. The van der Waals surface area contributed by atoms with Gasteiger partial charge in [-0.3, -0.25) is 9.69 Å². The average Bonchev–Trinajstić information content (AvgIpc) is 3.47. The van der Waals surface area contributed by atoms with Crippen molar-refractivity contribution >= 4 is 23.7 Å². The second-order valence-corrected chi connectivity index (χ2v) is 11.8. The molecule has 1 aliphatic heterocycles. The van der Waals surface area contributed by atoms with Crippen LogP contribution in [0.3, 0.4) is 0 Å². The minimum absolute atomic E-state index is 0.0142. The van der Waals surface area contributed by atoms with Crippen LogP contribution in [0, 0.1) is 17.7 Å². The van der Waals surface area contributed by atoms with Gasteiger partial charge in [-0.1, -0.05) is 12.1 Å². The van der Waals surface area contributed by atoms with Crippen LogP contribution in [-0.4, -0.2) is 74.7 Å². The maximum Gasteiger partial charge on any atom is 0.416 e. The number of carbonyl (C=O) groups excluding carboxylic acids is 3. The predicted octanol–water partition coefficient (Wildman–Crippen LogP) is 6.51. The van der Waals surface area contributed by atoms with E-state index >= 15 is 0 Å². The van der Waals surface area contributed by atoms with Gasteiger partial charge in [-0.05, 0) is 67.5 Å². The van der Waals surface area contributed by atoms with Gasteiger partial charge in [-0.15, -0.1) is 0 Å². The maximum atomic E-state index is 13.8. The zero-order chi connectivity index (χ0) is 34.0. The van der Waals surface area contributed by atoms with Gasteiger partial charge in [0.1, 0.15) is 5.82 Å². The SMILES string of the molecule is COC(=O)NCC1CCC(C(=O)N2C[C@@H](N(C)C(=O)N(C)c3cc(C(F)(F)F)cc(C(F)(F)F)c3)[C@H](c3ccc(F)cc3)C2)CC1. The molecule has 2 aromatic rings. The summed E-state index contributed by atoms with van der Waals surface area (Å²) in [6.45, 7) is 0.641. The lowest BCUT2D eigenvalue weighted by Crippen LogP contribution is -2.48. The number of amides is 4. The summed E-state index contributed by atoms with van der Waals surface area (Å²) in [5.41, 5.74) is -3.11. The number of alkyl carbamates (subject to hydrolysis) is 1. The summed E-state index contributed by atoms with van der Waals surface area (Å²) in [7, 11) is 3.71. The molecule has 1 saturated carbocycles. The van der Waals surface area contributed by atoms with E-state index in [2.05, 4.69) is 10.1 Å². The lowest BCUT2D eigenvalue weighted by atomic mass is 9.81. The van der Waals surface area contributed by atoms with Gasteiger partial charge in [0.15, 0.2) is 0 Å². The Morgan fingerprint density at radius 2 is 1.46 bits per heavy atom. The number of rotatable bonds is 6. The Labute approximate surface area is 261 Å². The highest BCUT2D eigenvalue weighted by Gasteiger charge is 2.43. The first kappa shape index (κ1) is 34.8. The highest BCUT2D eigenvalue weighted by molar-refractivity contribution is 5.92. The van der Waals surface area contributed by atoms with Crippen LogP contribution in [0.2, 0.25) is 0 Å². The molecule has 0 spiro atoms. The monoisotopic (exact) mass is 660 g/mol. The van der Waals surface area contributed by atoms with Crippen molar-refractivity contribution in [1.29, 1.82) is 0 Å². The summed E-state index contributed by atoms with van der Waals surface area (Å²) in [6, 6.07) is 4.82. The second-order valence-electron chi connectivity index (χ2n) is 11.8. The van der Waals surface area contributed by atoms with Crippen LogP contribution in [0.15, 0.2) is 42.5 Å². The number of halogens is 7. The number of nitrogens with zero attached hydrogens (tertiary/aromatic N) is 3. The van der Waals surface area contributed by atoms with Crippen molar-refractivity contribution < 1.29 is 49.9 Å². The van der Waals surface area contributed by atoms with Gasteiger partial charge >= 0.3 is 24.5 Å². The molecule has 2 aliphatic rings.